The number of carbonyl (C=O) groups is 1. The fraction of sp³-hybridized carbons (Fsp3) is 0.125. The second kappa shape index (κ2) is 3.53. The molecule has 0 bridgehead atoms. The standard InChI is InChI=1S/C8H7ClO4/c1-13-8(12)6-5(10)3-2-4(9)7(6)11/h2-3,10-11H,1H3. The molecule has 0 atom stereocenters. The number of rotatable bonds is 1. The summed E-state index contributed by atoms with van der Waals surface area (Å²) < 4.78 is 4.34. The van der Waals surface area contributed by atoms with Gasteiger partial charge in [0.05, 0.1) is 12.1 Å². The van der Waals surface area contributed by atoms with Crippen molar-refractivity contribution in [3.63, 3.8) is 0 Å². The average molecular weight is 203 g/mol. The number of esters is 1. The highest BCUT2D eigenvalue weighted by Crippen LogP contribution is 2.33. The quantitative estimate of drug-likeness (QED) is 0.678. The summed E-state index contributed by atoms with van der Waals surface area (Å²) in [4.78, 5) is 11.0. The van der Waals surface area contributed by atoms with Gasteiger partial charge in [0.2, 0.25) is 0 Å². The molecule has 0 spiro atoms. The second-order valence-electron chi connectivity index (χ2n) is 2.28. The molecule has 0 heterocycles. The van der Waals surface area contributed by atoms with Gasteiger partial charge in [0.1, 0.15) is 11.3 Å². The summed E-state index contributed by atoms with van der Waals surface area (Å²) in [6.07, 6.45) is 0. The van der Waals surface area contributed by atoms with Crippen LogP contribution < -0.4 is 0 Å². The van der Waals surface area contributed by atoms with Crippen LogP contribution in [0.15, 0.2) is 12.1 Å². The molecule has 0 saturated heterocycles. The molecule has 0 aliphatic heterocycles. The van der Waals surface area contributed by atoms with E-state index in [1.165, 1.54) is 12.1 Å². The van der Waals surface area contributed by atoms with E-state index in [0.29, 0.717) is 0 Å². The van der Waals surface area contributed by atoms with Gasteiger partial charge < -0.3 is 14.9 Å². The number of carbonyl (C=O) groups excluding carboxylic acids is 1. The Balaban J connectivity index is 3.33. The van der Waals surface area contributed by atoms with Gasteiger partial charge >= 0.3 is 5.97 Å². The van der Waals surface area contributed by atoms with Crippen LogP contribution in [0.4, 0.5) is 0 Å². The molecule has 5 heteroatoms. The number of benzene rings is 1. The summed E-state index contributed by atoms with van der Waals surface area (Å²) in [5, 5.41) is 18.5. The van der Waals surface area contributed by atoms with Gasteiger partial charge in [0.25, 0.3) is 0 Å². The largest absolute Gasteiger partial charge is 0.507 e. The van der Waals surface area contributed by atoms with Crippen LogP contribution in [0.5, 0.6) is 11.5 Å². The number of methoxy groups -OCH3 is 1. The minimum Gasteiger partial charge on any atom is -0.507 e. The van der Waals surface area contributed by atoms with Crippen molar-refractivity contribution >= 4 is 17.6 Å². The smallest absolute Gasteiger partial charge is 0.345 e. The maximum atomic E-state index is 11.0. The number of hydrogen-bond donors (Lipinski definition) is 2. The lowest BCUT2D eigenvalue weighted by molar-refractivity contribution is 0.0594. The van der Waals surface area contributed by atoms with E-state index >= 15 is 0 Å². The van der Waals surface area contributed by atoms with E-state index in [-0.39, 0.29) is 16.3 Å². The van der Waals surface area contributed by atoms with Crippen LogP contribution in [0.2, 0.25) is 5.02 Å². The zero-order valence-corrected chi connectivity index (χ0v) is 7.50. The SMILES string of the molecule is COC(=O)c1c(O)ccc(Cl)c1O. The number of phenolic OH excluding ortho intramolecular Hbond substituents is 2. The Morgan fingerprint density at radius 2 is 2.08 bits per heavy atom. The molecule has 0 unspecified atom stereocenters. The molecule has 0 saturated carbocycles. The minimum atomic E-state index is -0.836. The summed E-state index contributed by atoms with van der Waals surface area (Å²) >= 11 is 5.52. The first kappa shape index (κ1) is 9.67. The topological polar surface area (TPSA) is 66.8 Å². The highest BCUT2D eigenvalue weighted by molar-refractivity contribution is 6.32. The highest BCUT2D eigenvalue weighted by atomic mass is 35.5. The van der Waals surface area contributed by atoms with Crippen LogP contribution in [0, 0.1) is 0 Å². The molecule has 1 rings (SSSR count). The second-order valence-corrected chi connectivity index (χ2v) is 2.69. The fourth-order valence-electron chi connectivity index (χ4n) is 0.858. The van der Waals surface area contributed by atoms with Gasteiger partial charge in [0, 0.05) is 0 Å². The molecule has 13 heavy (non-hydrogen) atoms. The Bertz CT molecular complexity index is 348. The van der Waals surface area contributed by atoms with E-state index in [0.717, 1.165) is 7.11 Å². The molecule has 0 amide bonds. The van der Waals surface area contributed by atoms with E-state index in [4.69, 9.17) is 11.6 Å². The molecular weight excluding hydrogens is 196 g/mol. The molecule has 1 aromatic rings. The van der Waals surface area contributed by atoms with Crippen LogP contribution in [0.1, 0.15) is 10.4 Å². The van der Waals surface area contributed by atoms with Crippen molar-refractivity contribution in [2.45, 2.75) is 0 Å². The summed E-state index contributed by atoms with van der Waals surface area (Å²) in [5.41, 5.74) is -0.324. The Morgan fingerprint density at radius 3 is 2.62 bits per heavy atom. The van der Waals surface area contributed by atoms with Crippen LogP contribution in [0.25, 0.3) is 0 Å². The van der Waals surface area contributed by atoms with Crippen LogP contribution in [0.3, 0.4) is 0 Å². The average Bonchev–Trinajstić information content (AvgIpc) is 2.12. The molecule has 2 N–H and O–H groups in total. The first-order valence-electron chi connectivity index (χ1n) is 3.36. The number of halogens is 1. The van der Waals surface area contributed by atoms with Crippen LogP contribution in [-0.4, -0.2) is 23.3 Å². The molecule has 0 aliphatic carbocycles. The lowest BCUT2D eigenvalue weighted by Gasteiger charge is -2.05. The van der Waals surface area contributed by atoms with Crippen molar-refractivity contribution in [1.82, 2.24) is 0 Å². The van der Waals surface area contributed by atoms with Crippen molar-refractivity contribution in [2.75, 3.05) is 7.11 Å². The third kappa shape index (κ3) is 1.67. The van der Waals surface area contributed by atoms with Crippen LogP contribution in [-0.2, 0) is 4.74 Å². The molecule has 4 nitrogen and oxygen atoms in total. The lowest BCUT2D eigenvalue weighted by Crippen LogP contribution is -2.02. The van der Waals surface area contributed by atoms with Gasteiger partial charge in [0.15, 0.2) is 5.75 Å². The summed E-state index contributed by atoms with van der Waals surface area (Å²) in [5.74, 6) is -1.68. The first-order chi connectivity index (χ1) is 6.07. The maximum absolute atomic E-state index is 11.0. The Hall–Kier alpha value is -1.42. The van der Waals surface area contributed by atoms with Crippen molar-refractivity contribution < 1.29 is 19.7 Å². The monoisotopic (exact) mass is 202 g/mol. The van der Waals surface area contributed by atoms with Crippen molar-refractivity contribution in [3.05, 3.63) is 22.7 Å². The molecule has 0 fully saturated rings. The summed E-state index contributed by atoms with van der Waals surface area (Å²) in [6.45, 7) is 0. The van der Waals surface area contributed by atoms with Gasteiger partial charge in [-0.25, -0.2) is 4.79 Å². The van der Waals surface area contributed by atoms with E-state index in [9.17, 15) is 15.0 Å². The third-order valence-electron chi connectivity index (χ3n) is 1.50. The van der Waals surface area contributed by atoms with Gasteiger partial charge in [-0.1, -0.05) is 11.6 Å². The van der Waals surface area contributed by atoms with E-state index < -0.39 is 11.7 Å². The predicted molar refractivity (Wildman–Crippen MR) is 46.1 cm³/mol. The molecular formula is C8H7ClO4. The number of phenols is 2. The predicted octanol–water partition coefficient (Wildman–Crippen LogP) is 1.54. The maximum Gasteiger partial charge on any atom is 0.345 e. The zero-order valence-electron chi connectivity index (χ0n) is 6.74. The fourth-order valence-corrected chi connectivity index (χ4v) is 1.02. The van der Waals surface area contributed by atoms with E-state index in [1.807, 2.05) is 0 Å². The van der Waals surface area contributed by atoms with Crippen LogP contribution >= 0.6 is 11.6 Å². The van der Waals surface area contributed by atoms with E-state index in [2.05, 4.69) is 4.74 Å². The molecule has 1 aromatic carbocycles. The highest BCUT2D eigenvalue weighted by Gasteiger charge is 2.18. The Kier molecular flexibility index (Phi) is 2.63. The van der Waals surface area contributed by atoms with Gasteiger partial charge in [-0.2, -0.15) is 0 Å². The molecule has 0 radical (unpaired) electrons. The lowest BCUT2D eigenvalue weighted by atomic mass is 10.2. The van der Waals surface area contributed by atoms with Gasteiger partial charge in [-0.05, 0) is 12.1 Å². The Labute approximate surface area is 79.3 Å². The van der Waals surface area contributed by atoms with Gasteiger partial charge in [-0.3, -0.25) is 0 Å². The summed E-state index contributed by atoms with van der Waals surface area (Å²) in [6, 6.07) is 2.48. The number of hydrogen-bond acceptors (Lipinski definition) is 4. The zero-order chi connectivity index (χ0) is 10.0. The molecule has 0 aromatic heterocycles. The number of ether oxygens (including phenoxy) is 1. The minimum absolute atomic E-state index is 0.0156. The normalized spacial score (nSPS) is 9.69. The van der Waals surface area contributed by atoms with Crippen molar-refractivity contribution in [1.29, 1.82) is 0 Å². The first-order valence-corrected chi connectivity index (χ1v) is 3.74. The Morgan fingerprint density at radius 1 is 1.46 bits per heavy atom. The molecule has 70 valence electrons. The summed E-state index contributed by atoms with van der Waals surface area (Å²) in [7, 11) is 1.14. The number of aromatic hydroxyl groups is 2. The van der Waals surface area contributed by atoms with E-state index in [1.54, 1.807) is 0 Å². The third-order valence-corrected chi connectivity index (χ3v) is 1.80. The van der Waals surface area contributed by atoms with Gasteiger partial charge in [-0.15, -0.1) is 0 Å². The van der Waals surface area contributed by atoms with Crippen molar-refractivity contribution in [2.24, 2.45) is 0 Å². The molecule has 0 aliphatic rings. The van der Waals surface area contributed by atoms with Crippen molar-refractivity contribution in [3.8, 4) is 11.5 Å².